The van der Waals surface area contributed by atoms with Gasteiger partial charge in [0.1, 0.15) is 0 Å². The summed E-state index contributed by atoms with van der Waals surface area (Å²) in [7, 11) is 0. The van der Waals surface area contributed by atoms with Gasteiger partial charge in [-0.3, -0.25) is 4.79 Å². The summed E-state index contributed by atoms with van der Waals surface area (Å²) in [6.45, 7) is 0.553. The number of thioether (sulfide) groups is 1. The largest absolute Gasteiger partial charge is 0.351 e. The van der Waals surface area contributed by atoms with Crippen LogP contribution in [0.1, 0.15) is 15.9 Å². The molecule has 2 rings (SSSR count). The summed E-state index contributed by atoms with van der Waals surface area (Å²) >= 11 is 23.0. The number of amides is 1. The van der Waals surface area contributed by atoms with Gasteiger partial charge in [0, 0.05) is 32.6 Å². The highest BCUT2D eigenvalue weighted by molar-refractivity contribution is 9.10. The zero-order valence-corrected chi connectivity index (χ0v) is 16.6. The number of nitrogens with one attached hydrogen (secondary N) is 1. The van der Waals surface area contributed by atoms with Crippen molar-refractivity contribution in [2.45, 2.75) is 5.75 Å². The SMILES string of the molecule is O=C(NCCSCc1ccc(Cl)cc1Cl)c1cc(Br)ccc1Cl. The first-order chi connectivity index (χ1) is 11.0. The maximum absolute atomic E-state index is 12.1. The summed E-state index contributed by atoms with van der Waals surface area (Å²) in [6, 6.07) is 10.7. The van der Waals surface area contributed by atoms with E-state index in [1.807, 2.05) is 12.1 Å². The van der Waals surface area contributed by atoms with Gasteiger partial charge in [-0.25, -0.2) is 0 Å². The number of carbonyl (C=O) groups excluding carboxylic acids is 1. The zero-order chi connectivity index (χ0) is 16.8. The average Bonchev–Trinajstić information content (AvgIpc) is 2.51. The van der Waals surface area contributed by atoms with Gasteiger partial charge >= 0.3 is 0 Å². The van der Waals surface area contributed by atoms with Crippen molar-refractivity contribution in [2.75, 3.05) is 12.3 Å². The van der Waals surface area contributed by atoms with Crippen LogP contribution in [0.3, 0.4) is 0 Å². The molecule has 0 aliphatic carbocycles. The molecule has 122 valence electrons. The normalized spacial score (nSPS) is 10.6. The molecule has 0 fully saturated rings. The fraction of sp³-hybridized carbons (Fsp3) is 0.188. The Morgan fingerprint density at radius 1 is 1.09 bits per heavy atom. The van der Waals surface area contributed by atoms with Crippen LogP contribution in [-0.4, -0.2) is 18.2 Å². The number of rotatable bonds is 6. The highest BCUT2D eigenvalue weighted by atomic mass is 79.9. The van der Waals surface area contributed by atoms with Crippen LogP contribution >= 0.6 is 62.5 Å². The van der Waals surface area contributed by atoms with Crippen molar-refractivity contribution in [3.63, 3.8) is 0 Å². The molecule has 2 aromatic rings. The Balaban J connectivity index is 1.77. The summed E-state index contributed by atoms with van der Waals surface area (Å²) < 4.78 is 0.818. The van der Waals surface area contributed by atoms with Crippen molar-refractivity contribution >= 4 is 68.4 Å². The van der Waals surface area contributed by atoms with Crippen molar-refractivity contribution < 1.29 is 4.79 Å². The van der Waals surface area contributed by atoms with Gasteiger partial charge in [-0.1, -0.05) is 56.8 Å². The van der Waals surface area contributed by atoms with Crippen molar-refractivity contribution in [1.82, 2.24) is 5.32 Å². The number of hydrogen-bond acceptors (Lipinski definition) is 2. The van der Waals surface area contributed by atoms with Gasteiger partial charge < -0.3 is 5.32 Å². The molecule has 23 heavy (non-hydrogen) atoms. The van der Waals surface area contributed by atoms with Crippen LogP contribution in [0.4, 0.5) is 0 Å². The summed E-state index contributed by atoms with van der Waals surface area (Å²) in [6.07, 6.45) is 0. The van der Waals surface area contributed by atoms with Crippen molar-refractivity contribution in [3.05, 3.63) is 67.1 Å². The second-order valence-electron chi connectivity index (χ2n) is 4.67. The molecule has 0 heterocycles. The molecule has 1 amide bonds. The minimum atomic E-state index is -0.179. The Bertz CT molecular complexity index is 712. The third kappa shape index (κ3) is 5.87. The van der Waals surface area contributed by atoms with Crippen LogP contribution in [0, 0.1) is 0 Å². The average molecular weight is 454 g/mol. The van der Waals surface area contributed by atoms with Crippen molar-refractivity contribution in [3.8, 4) is 0 Å². The molecule has 2 aromatic carbocycles. The van der Waals surface area contributed by atoms with Crippen LogP contribution in [0.25, 0.3) is 0 Å². The Morgan fingerprint density at radius 2 is 1.87 bits per heavy atom. The highest BCUT2D eigenvalue weighted by Gasteiger charge is 2.10. The lowest BCUT2D eigenvalue weighted by Gasteiger charge is -2.08. The third-order valence-electron chi connectivity index (χ3n) is 2.98. The number of carbonyl (C=O) groups is 1. The molecule has 0 aromatic heterocycles. The van der Waals surface area contributed by atoms with E-state index in [4.69, 9.17) is 34.8 Å². The van der Waals surface area contributed by atoms with E-state index in [1.165, 1.54) is 0 Å². The Hall–Kier alpha value is -0.390. The van der Waals surface area contributed by atoms with E-state index < -0.39 is 0 Å². The second-order valence-corrected chi connectivity index (χ2v) is 7.94. The van der Waals surface area contributed by atoms with Crippen LogP contribution in [0.15, 0.2) is 40.9 Å². The van der Waals surface area contributed by atoms with E-state index in [2.05, 4.69) is 21.2 Å². The molecule has 7 heteroatoms. The van der Waals surface area contributed by atoms with E-state index in [0.29, 0.717) is 27.2 Å². The van der Waals surface area contributed by atoms with Crippen LogP contribution in [0.2, 0.25) is 15.1 Å². The molecule has 0 saturated heterocycles. The maximum Gasteiger partial charge on any atom is 0.252 e. The lowest BCUT2D eigenvalue weighted by molar-refractivity contribution is 0.0956. The summed E-state index contributed by atoms with van der Waals surface area (Å²) in [5.74, 6) is 1.36. The van der Waals surface area contributed by atoms with Gasteiger partial charge in [-0.05, 0) is 35.9 Å². The van der Waals surface area contributed by atoms with Crippen LogP contribution in [0.5, 0.6) is 0 Å². The van der Waals surface area contributed by atoms with E-state index in [-0.39, 0.29) is 5.91 Å². The molecule has 0 aliphatic heterocycles. The van der Waals surface area contributed by atoms with Gasteiger partial charge in [0.15, 0.2) is 0 Å². The van der Waals surface area contributed by atoms with Crippen LogP contribution in [-0.2, 0) is 5.75 Å². The fourth-order valence-corrected chi connectivity index (χ4v) is 3.81. The zero-order valence-electron chi connectivity index (χ0n) is 11.9. The molecule has 0 bridgehead atoms. The first kappa shape index (κ1) is 18.9. The molecule has 0 saturated carbocycles. The molecule has 0 unspecified atom stereocenters. The van der Waals surface area contributed by atoms with Crippen LogP contribution < -0.4 is 5.32 Å². The van der Waals surface area contributed by atoms with E-state index in [9.17, 15) is 4.79 Å². The Labute approximate surface area is 163 Å². The van der Waals surface area contributed by atoms with Crippen molar-refractivity contribution in [2.24, 2.45) is 0 Å². The predicted octanol–water partition coefficient (Wildman–Crippen LogP) is 6.07. The van der Waals surface area contributed by atoms with Gasteiger partial charge in [0.05, 0.1) is 10.6 Å². The predicted molar refractivity (Wildman–Crippen MR) is 104 cm³/mol. The quantitative estimate of drug-likeness (QED) is 0.538. The molecule has 1 N–H and O–H groups in total. The molecular formula is C16H13BrCl3NOS. The minimum Gasteiger partial charge on any atom is -0.351 e. The first-order valence-electron chi connectivity index (χ1n) is 6.72. The molecule has 0 atom stereocenters. The maximum atomic E-state index is 12.1. The molecule has 0 aliphatic rings. The fourth-order valence-electron chi connectivity index (χ4n) is 1.82. The summed E-state index contributed by atoms with van der Waals surface area (Å²) in [5.41, 5.74) is 1.49. The highest BCUT2D eigenvalue weighted by Crippen LogP contribution is 2.24. The summed E-state index contributed by atoms with van der Waals surface area (Å²) in [4.78, 5) is 12.1. The lowest BCUT2D eigenvalue weighted by Crippen LogP contribution is -2.26. The van der Waals surface area contributed by atoms with E-state index >= 15 is 0 Å². The number of benzene rings is 2. The van der Waals surface area contributed by atoms with Gasteiger partial charge in [0.2, 0.25) is 0 Å². The van der Waals surface area contributed by atoms with E-state index in [0.717, 1.165) is 21.5 Å². The monoisotopic (exact) mass is 451 g/mol. The Kier molecular flexibility index (Phi) is 7.57. The number of hydrogen-bond donors (Lipinski definition) is 1. The third-order valence-corrected chi connectivity index (χ3v) is 5.40. The molecule has 0 spiro atoms. The standard InChI is InChI=1S/C16H13BrCl3NOS/c17-11-2-4-14(19)13(7-11)16(22)21-5-6-23-9-10-1-3-12(18)8-15(10)20/h1-4,7-8H,5-6,9H2,(H,21,22). The second kappa shape index (κ2) is 9.19. The molecule has 0 radical (unpaired) electrons. The van der Waals surface area contributed by atoms with Crippen molar-refractivity contribution in [1.29, 1.82) is 0 Å². The molecular weight excluding hydrogens is 441 g/mol. The van der Waals surface area contributed by atoms with Gasteiger partial charge in [-0.15, -0.1) is 0 Å². The van der Waals surface area contributed by atoms with Gasteiger partial charge in [0.25, 0.3) is 5.91 Å². The molecule has 2 nitrogen and oxygen atoms in total. The minimum absolute atomic E-state index is 0.179. The summed E-state index contributed by atoms with van der Waals surface area (Å²) in [5, 5.41) is 4.58. The first-order valence-corrected chi connectivity index (χ1v) is 9.80. The van der Waals surface area contributed by atoms with E-state index in [1.54, 1.807) is 36.0 Å². The number of halogens is 4. The Morgan fingerprint density at radius 3 is 2.61 bits per heavy atom. The van der Waals surface area contributed by atoms with Gasteiger partial charge in [-0.2, -0.15) is 11.8 Å². The smallest absolute Gasteiger partial charge is 0.252 e. The topological polar surface area (TPSA) is 29.1 Å². The lowest BCUT2D eigenvalue weighted by atomic mass is 10.2.